The zero-order valence-electron chi connectivity index (χ0n) is 5.33. The Hall–Kier alpha value is -1.19. The van der Waals surface area contributed by atoms with Crippen LogP contribution in [0, 0.1) is 0 Å². The summed E-state index contributed by atoms with van der Waals surface area (Å²) in [6.45, 7) is 0. The van der Waals surface area contributed by atoms with Gasteiger partial charge in [0.05, 0.1) is 6.07 Å². The Balaban J connectivity index is 2.85. The summed E-state index contributed by atoms with van der Waals surface area (Å²) in [5, 5.41) is 11.9. The molecule has 1 heterocycles. The van der Waals surface area contributed by atoms with Crippen LogP contribution in [0.15, 0.2) is 10.6 Å². The van der Waals surface area contributed by atoms with E-state index in [1.807, 2.05) is 0 Å². The molecule has 0 spiro atoms. The second-order valence-corrected chi connectivity index (χ2v) is 1.92. The number of hydrogen-bond donors (Lipinski definition) is 1. The number of hydrogen-bond acceptors (Lipinski definition) is 4. The van der Waals surface area contributed by atoms with Gasteiger partial charge in [-0.05, 0) is 5.16 Å². The van der Waals surface area contributed by atoms with E-state index in [1.54, 1.807) is 19.0 Å². The lowest BCUT2D eigenvalue weighted by atomic mass is 10.6. The Morgan fingerprint density at radius 1 is 1.67 bits per heavy atom. The zero-order valence-corrected chi connectivity index (χ0v) is 5.33. The molecule has 4 heteroatoms. The fourth-order valence-electron chi connectivity index (χ4n) is 0.467. The molecule has 50 valence electrons. The number of anilines is 1. The van der Waals surface area contributed by atoms with Crippen LogP contribution in [-0.2, 0) is 0 Å². The van der Waals surface area contributed by atoms with Crippen molar-refractivity contribution in [3.63, 3.8) is 0 Å². The molecule has 1 aromatic rings. The van der Waals surface area contributed by atoms with E-state index in [0.29, 0.717) is 5.88 Å². The zero-order chi connectivity index (χ0) is 6.85. The summed E-state index contributed by atoms with van der Waals surface area (Å²) in [7, 11) is 3.61. The molecule has 0 aromatic carbocycles. The fourth-order valence-corrected chi connectivity index (χ4v) is 0.467. The molecule has 1 aromatic heterocycles. The van der Waals surface area contributed by atoms with Gasteiger partial charge in [-0.3, -0.25) is 0 Å². The Labute approximate surface area is 52.7 Å². The molecule has 4 nitrogen and oxygen atoms in total. The van der Waals surface area contributed by atoms with Gasteiger partial charge in [0.1, 0.15) is 0 Å². The molecule has 0 aliphatic rings. The van der Waals surface area contributed by atoms with Gasteiger partial charge in [-0.2, -0.15) is 0 Å². The summed E-state index contributed by atoms with van der Waals surface area (Å²) in [5.74, 6) is 0.464. The van der Waals surface area contributed by atoms with E-state index >= 15 is 0 Å². The SMILES string of the molecule is CN(C)c1cc(O)no1. The van der Waals surface area contributed by atoms with Crippen LogP contribution < -0.4 is 4.90 Å². The van der Waals surface area contributed by atoms with Gasteiger partial charge in [-0.1, -0.05) is 0 Å². The third-order valence-electron chi connectivity index (χ3n) is 0.926. The molecule has 0 fully saturated rings. The van der Waals surface area contributed by atoms with Crippen LogP contribution in [0.5, 0.6) is 5.88 Å². The number of aromatic hydroxyl groups is 1. The predicted molar refractivity (Wildman–Crippen MR) is 32.5 cm³/mol. The van der Waals surface area contributed by atoms with Crippen molar-refractivity contribution in [1.82, 2.24) is 5.16 Å². The maximum absolute atomic E-state index is 8.67. The largest absolute Gasteiger partial charge is 0.491 e. The Kier molecular flexibility index (Phi) is 1.30. The van der Waals surface area contributed by atoms with E-state index < -0.39 is 0 Å². The molecule has 0 atom stereocenters. The van der Waals surface area contributed by atoms with Crippen molar-refractivity contribution in [2.75, 3.05) is 19.0 Å². The molecule has 1 rings (SSSR count). The van der Waals surface area contributed by atoms with Crippen molar-refractivity contribution in [3.05, 3.63) is 6.07 Å². The molecule has 0 radical (unpaired) electrons. The van der Waals surface area contributed by atoms with Gasteiger partial charge >= 0.3 is 0 Å². The van der Waals surface area contributed by atoms with E-state index in [1.165, 1.54) is 6.07 Å². The summed E-state index contributed by atoms with van der Waals surface area (Å²) in [4.78, 5) is 1.72. The first-order valence-electron chi connectivity index (χ1n) is 2.53. The Morgan fingerprint density at radius 2 is 2.33 bits per heavy atom. The van der Waals surface area contributed by atoms with Crippen LogP contribution in [0.1, 0.15) is 0 Å². The summed E-state index contributed by atoms with van der Waals surface area (Å²) < 4.78 is 4.65. The first kappa shape index (κ1) is 5.94. The Bertz CT molecular complexity index is 195. The van der Waals surface area contributed by atoms with E-state index in [0.717, 1.165) is 0 Å². The molecule has 0 saturated carbocycles. The summed E-state index contributed by atoms with van der Waals surface area (Å²) >= 11 is 0. The molecule has 0 aliphatic carbocycles. The normalized spacial score (nSPS) is 9.56. The lowest BCUT2D eigenvalue weighted by Gasteiger charge is -2.03. The highest BCUT2D eigenvalue weighted by molar-refractivity contribution is 5.34. The van der Waals surface area contributed by atoms with Crippen molar-refractivity contribution in [2.45, 2.75) is 0 Å². The van der Waals surface area contributed by atoms with Gasteiger partial charge in [0.15, 0.2) is 0 Å². The van der Waals surface area contributed by atoms with Crippen LogP contribution in [0.25, 0.3) is 0 Å². The minimum absolute atomic E-state index is 0.0845. The lowest BCUT2D eigenvalue weighted by molar-refractivity contribution is 0.362. The summed E-state index contributed by atoms with van der Waals surface area (Å²) in [6, 6.07) is 1.44. The maximum atomic E-state index is 8.67. The second-order valence-electron chi connectivity index (χ2n) is 1.92. The monoisotopic (exact) mass is 128 g/mol. The van der Waals surface area contributed by atoms with Gasteiger partial charge in [0, 0.05) is 14.1 Å². The molecule has 0 unspecified atom stereocenters. The van der Waals surface area contributed by atoms with E-state index in [-0.39, 0.29) is 5.88 Å². The highest BCUT2D eigenvalue weighted by Gasteiger charge is 2.01. The van der Waals surface area contributed by atoms with Crippen LogP contribution in [0.4, 0.5) is 5.88 Å². The van der Waals surface area contributed by atoms with Crippen molar-refractivity contribution in [1.29, 1.82) is 0 Å². The van der Waals surface area contributed by atoms with Crippen molar-refractivity contribution < 1.29 is 9.63 Å². The summed E-state index contributed by atoms with van der Waals surface area (Å²) in [5.41, 5.74) is 0. The first-order valence-corrected chi connectivity index (χ1v) is 2.53. The topological polar surface area (TPSA) is 49.5 Å². The quantitative estimate of drug-likeness (QED) is 0.596. The van der Waals surface area contributed by atoms with Crippen LogP contribution in [0.2, 0.25) is 0 Å². The molecular weight excluding hydrogens is 120 g/mol. The van der Waals surface area contributed by atoms with E-state index in [9.17, 15) is 0 Å². The van der Waals surface area contributed by atoms with Crippen LogP contribution in [0.3, 0.4) is 0 Å². The van der Waals surface area contributed by atoms with Crippen molar-refractivity contribution >= 4 is 5.88 Å². The smallest absolute Gasteiger partial charge is 0.253 e. The average molecular weight is 128 g/mol. The van der Waals surface area contributed by atoms with Gasteiger partial charge < -0.3 is 14.5 Å². The van der Waals surface area contributed by atoms with Gasteiger partial charge in [0.25, 0.3) is 5.88 Å². The maximum Gasteiger partial charge on any atom is 0.253 e. The van der Waals surface area contributed by atoms with E-state index in [2.05, 4.69) is 9.68 Å². The van der Waals surface area contributed by atoms with Gasteiger partial charge in [-0.25, -0.2) is 0 Å². The van der Waals surface area contributed by atoms with Crippen molar-refractivity contribution in [2.24, 2.45) is 0 Å². The van der Waals surface area contributed by atoms with Crippen molar-refractivity contribution in [3.8, 4) is 5.88 Å². The third-order valence-corrected chi connectivity index (χ3v) is 0.926. The molecule has 0 bridgehead atoms. The first-order chi connectivity index (χ1) is 4.20. The molecule has 9 heavy (non-hydrogen) atoms. The molecule has 1 N–H and O–H groups in total. The number of aromatic nitrogens is 1. The van der Waals surface area contributed by atoms with Crippen LogP contribution >= 0.6 is 0 Å². The number of rotatable bonds is 1. The third kappa shape index (κ3) is 1.13. The lowest BCUT2D eigenvalue weighted by Crippen LogP contribution is -2.06. The predicted octanol–water partition coefficient (Wildman–Crippen LogP) is 0.446. The Morgan fingerprint density at radius 3 is 2.56 bits per heavy atom. The minimum atomic E-state index is -0.0845. The second kappa shape index (κ2) is 1.97. The molecular formula is C5H8N2O2. The molecule has 0 saturated heterocycles. The minimum Gasteiger partial charge on any atom is -0.491 e. The molecule has 0 aliphatic heterocycles. The highest BCUT2D eigenvalue weighted by atomic mass is 16.5. The highest BCUT2D eigenvalue weighted by Crippen LogP contribution is 2.15. The average Bonchev–Trinajstić information content (AvgIpc) is 2.14. The fraction of sp³-hybridized carbons (Fsp3) is 0.400. The number of nitrogens with zero attached hydrogens (tertiary/aromatic N) is 2. The van der Waals surface area contributed by atoms with Crippen LogP contribution in [-0.4, -0.2) is 24.4 Å². The van der Waals surface area contributed by atoms with E-state index in [4.69, 9.17) is 5.11 Å². The van der Waals surface area contributed by atoms with Gasteiger partial charge in [-0.15, -0.1) is 0 Å². The molecule has 0 amide bonds. The summed E-state index contributed by atoms with van der Waals surface area (Å²) in [6.07, 6.45) is 0. The standard InChI is InChI=1S/C5H8N2O2/c1-7(2)5-3-4(8)6-9-5/h3H,1-2H3,(H,6,8). The van der Waals surface area contributed by atoms with Gasteiger partial charge in [0.2, 0.25) is 5.88 Å².